The number of carbonyl (C=O) groups excluding carboxylic acids is 2. The van der Waals surface area contributed by atoms with Crippen LogP contribution in [-0.2, 0) is 9.59 Å². The van der Waals surface area contributed by atoms with Crippen molar-refractivity contribution in [2.24, 2.45) is 0 Å². The monoisotopic (exact) mass is 328 g/mol. The first-order chi connectivity index (χ1) is 11.6. The molecule has 2 aromatic carbocycles. The van der Waals surface area contributed by atoms with E-state index in [0.717, 1.165) is 11.3 Å². The highest BCUT2D eigenvalue weighted by Gasteiger charge is 2.08. The molecule has 0 radical (unpaired) electrons. The Kier molecular flexibility index (Phi) is 6.19. The maximum atomic E-state index is 11.9. The van der Waals surface area contributed by atoms with Crippen LogP contribution < -0.4 is 20.1 Å². The van der Waals surface area contributed by atoms with Gasteiger partial charge >= 0.3 is 0 Å². The minimum absolute atomic E-state index is 0.123. The number of anilines is 1. The number of amides is 2. The van der Waals surface area contributed by atoms with Crippen molar-refractivity contribution < 1.29 is 19.1 Å². The molecule has 0 aliphatic rings. The third-order valence-electron chi connectivity index (χ3n) is 3.27. The first kappa shape index (κ1) is 17.3. The Morgan fingerprint density at radius 2 is 1.75 bits per heavy atom. The van der Waals surface area contributed by atoms with Gasteiger partial charge in [0.1, 0.15) is 11.5 Å². The van der Waals surface area contributed by atoms with Gasteiger partial charge in [-0.2, -0.15) is 0 Å². The van der Waals surface area contributed by atoms with Crippen molar-refractivity contribution in [3.05, 3.63) is 54.1 Å². The average Bonchev–Trinajstić information content (AvgIpc) is 2.60. The van der Waals surface area contributed by atoms with Crippen LogP contribution in [0, 0.1) is 6.92 Å². The molecule has 2 aromatic rings. The molecule has 126 valence electrons. The molecular formula is C18H20N2O4. The Labute approximate surface area is 140 Å². The van der Waals surface area contributed by atoms with Gasteiger partial charge in [-0.15, -0.1) is 0 Å². The Morgan fingerprint density at radius 3 is 2.42 bits per heavy atom. The molecule has 0 spiro atoms. The summed E-state index contributed by atoms with van der Waals surface area (Å²) < 4.78 is 10.4. The second-order valence-corrected chi connectivity index (χ2v) is 5.11. The molecule has 6 nitrogen and oxygen atoms in total. The molecule has 24 heavy (non-hydrogen) atoms. The second-order valence-electron chi connectivity index (χ2n) is 5.11. The van der Waals surface area contributed by atoms with Crippen LogP contribution in [0.15, 0.2) is 48.5 Å². The van der Waals surface area contributed by atoms with Gasteiger partial charge in [-0.25, -0.2) is 0 Å². The van der Waals surface area contributed by atoms with Crippen LogP contribution in [0.3, 0.4) is 0 Å². The molecule has 0 aliphatic heterocycles. The highest BCUT2D eigenvalue weighted by molar-refractivity contribution is 5.95. The van der Waals surface area contributed by atoms with E-state index in [0.29, 0.717) is 11.4 Å². The van der Waals surface area contributed by atoms with Gasteiger partial charge in [0, 0.05) is 5.69 Å². The normalized spacial score (nSPS) is 9.92. The van der Waals surface area contributed by atoms with E-state index in [4.69, 9.17) is 9.47 Å². The number of ether oxygens (including phenoxy) is 2. The zero-order valence-corrected chi connectivity index (χ0v) is 13.7. The number of para-hydroxylation sites is 1. The molecule has 2 N–H and O–H groups in total. The summed E-state index contributed by atoms with van der Waals surface area (Å²) >= 11 is 0. The maximum Gasteiger partial charge on any atom is 0.258 e. The molecular weight excluding hydrogens is 308 g/mol. The molecule has 0 aromatic heterocycles. The number of nitrogens with one attached hydrogen (secondary N) is 2. The smallest absolute Gasteiger partial charge is 0.258 e. The van der Waals surface area contributed by atoms with Crippen LogP contribution in [0.4, 0.5) is 5.69 Å². The van der Waals surface area contributed by atoms with Crippen LogP contribution in [0.2, 0.25) is 0 Å². The van der Waals surface area contributed by atoms with E-state index in [2.05, 4.69) is 10.6 Å². The van der Waals surface area contributed by atoms with E-state index in [1.807, 2.05) is 31.2 Å². The number of hydrogen-bond acceptors (Lipinski definition) is 4. The van der Waals surface area contributed by atoms with Crippen molar-refractivity contribution in [3.8, 4) is 11.5 Å². The maximum absolute atomic E-state index is 11.9. The lowest BCUT2D eigenvalue weighted by atomic mass is 10.2. The van der Waals surface area contributed by atoms with Crippen LogP contribution in [-0.4, -0.2) is 32.1 Å². The van der Waals surface area contributed by atoms with Gasteiger partial charge in [-0.1, -0.05) is 18.2 Å². The van der Waals surface area contributed by atoms with E-state index < -0.39 is 0 Å². The summed E-state index contributed by atoms with van der Waals surface area (Å²) in [6.07, 6.45) is 0. The quantitative estimate of drug-likeness (QED) is 0.816. The standard InChI is InChI=1S/C18H20N2O4/c1-13-10-15(23-2)8-9-16(13)20-17(21)11-19-18(22)12-24-14-6-4-3-5-7-14/h3-10H,11-12H2,1-2H3,(H,19,22)(H,20,21). The van der Waals surface area contributed by atoms with Gasteiger partial charge < -0.3 is 20.1 Å². The molecule has 0 saturated heterocycles. The van der Waals surface area contributed by atoms with Crippen LogP contribution in [0.5, 0.6) is 11.5 Å². The molecule has 0 fully saturated rings. The van der Waals surface area contributed by atoms with Crippen molar-refractivity contribution >= 4 is 17.5 Å². The third kappa shape index (κ3) is 5.31. The topological polar surface area (TPSA) is 76.7 Å². The fourth-order valence-corrected chi connectivity index (χ4v) is 1.99. The van der Waals surface area contributed by atoms with Crippen LogP contribution in [0.25, 0.3) is 0 Å². The van der Waals surface area contributed by atoms with Crippen molar-refractivity contribution in [1.82, 2.24) is 5.32 Å². The summed E-state index contributed by atoms with van der Waals surface area (Å²) in [6.45, 7) is 1.60. The predicted molar refractivity (Wildman–Crippen MR) is 91.3 cm³/mol. The van der Waals surface area contributed by atoms with Gasteiger partial charge in [0.05, 0.1) is 13.7 Å². The predicted octanol–water partition coefficient (Wildman–Crippen LogP) is 2.14. The first-order valence-electron chi connectivity index (χ1n) is 7.47. The first-order valence-corrected chi connectivity index (χ1v) is 7.47. The van der Waals surface area contributed by atoms with E-state index in [1.54, 1.807) is 31.4 Å². The third-order valence-corrected chi connectivity index (χ3v) is 3.27. The van der Waals surface area contributed by atoms with Gasteiger partial charge in [-0.05, 0) is 42.8 Å². The minimum Gasteiger partial charge on any atom is -0.497 e. The van der Waals surface area contributed by atoms with Crippen LogP contribution >= 0.6 is 0 Å². The highest BCUT2D eigenvalue weighted by Crippen LogP contribution is 2.20. The molecule has 0 atom stereocenters. The summed E-state index contributed by atoms with van der Waals surface area (Å²) in [4.78, 5) is 23.6. The molecule has 2 amide bonds. The highest BCUT2D eigenvalue weighted by atomic mass is 16.5. The molecule has 0 saturated carbocycles. The lowest BCUT2D eigenvalue weighted by Gasteiger charge is -2.11. The van der Waals surface area contributed by atoms with E-state index in [-0.39, 0.29) is 25.0 Å². The number of rotatable bonds is 7. The van der Waals surface area contributed by atoms with Gasteiger partial charge in [0.25, 0.3) is 5.91 Å². The average molecular weight is 328 g/mol. The largest absolute Gasteiger partial charge is 0.497 e. The minimum atomic E-state index is -0.361. The second kappa shape index (κ2) is 8.57. The zero-order valence-electron chi connectivity index (χ0n) is 13.7. The molecule has 0 aliphatic carbocycles. The molecule has 6 heteroatoms. The lowest BCUT2D eigenvalue weighted by molar-refractivity contribution is -0.125. The number of methoxy groups -OCH3 is 1. The van der Waals surface area contributed by atoms with E-state index in [9.17, 15) is 9.59 Å². The Morgan fingerprint density at radius 1 is 1.00 bits per heavy atom. The van der Waals surface area contributed by atoms with Crippen molar-refractivity contribution in [2.75, 3.05) is 25.6 Å². The number of benzene rings is 2. The van der Waals surface area contributed by atoms with Crippen LogP contribution in [0.1, 0.15) is 5.56 Å². The van der Waals surface area contributed by atoms with E-state index in [1.165, 1.54) is 0 Å². The van der Waals surface area contributed by atoms with Crippen molar-refractivity contribution in [2.45, 2.75) is 6.92 Å². The Hall–Kier alpha value is -3.02. The molecule has 2 rings (SSSR count). The Balaban J connectivity index is 1.75. The Bertz CT molecular complexity index is 701. The van der Waals surface area contributed by atoms with Gasteiger partial charge in [0.2, 0.25) is 5.91 Å². The summed E-state index contributed by atoms with van der Waals surface area (Å²) in [5.74, 6) is 0.652. The fourth-order valence-electron chi connectivity index (χ4n) is 1.99. The van der Waals surface area contributed by atoms with E-state index >= 15 is 0 Å². The number of carbonyl (C=O) groups is 2. The number of hydrogen-bond donors (Lipinski definition) is 2. The van der Waals surface area contributed by atoms with Gasteiger partial charge in [-0.3, -0.25) is 9.59 Å². The number of aryl methyl sites for hydroxylation is 1. The van der Waals surface area contributed by atoms with Crippen molar-refractivity contribution in [1.29, 1.82) is 0 Å². The summed E-state index contributed by atoms with van der Waals surface area (Å²) in [7, 11) is 1.58. The lowest BCUT2D eigenvalue weighted by Crippen LogP contribution is -2.35. The summed E-state index contributed by atoms with van der Waals surface area (Å²) in [5.41, 5.74) is 1.55. The SMILES string of the molecule is COc1ccc(NC(=O)CNC(=O)COc2ccccc2)c(C)c1. The fraction of sp³-hybridized carbons (Fsp3) is 0.222. The van der Waals surface area contributed by atoms with Gasteiger partial charge in [0.15, 0.2) is 6.61 Å². The molecule has 0 bridgehead atoms. The van der Waals surface area contributed by atoms with Crippen molar-refractivity contribution in [3.63, 3.8) is 0 Å². The molecule has 0 heterocycles. The zero-order chi connectivity index (χ0) is 17.4. The summed E-state index contributed by atoms with van der Waals surface area (Å²) in [5, 5.41) is 5.25. The molecule has 0 unspecified atom stereocenters. The summed E-state index contributed by atoms with van der Waals surface area (Å²) in [6, 6.07) is 14.3.